The fourth-order valence-electron chi connectivity index (χ4n) is 1.14. The van der Waals surface area contributed by atoms with Crippen LogP contribution in [-0.4, -0.2) is 60.1 Å². The molecule has 0 aliphatic heterocycles. The van der Waals surface area contributed by atoms with Gasteiger partial charge in [-0.2, -0.15) is 74.6 Å². The summed E-state index contributed by atoms with van der Waals surface area (Å²) in [4.78, 5) is 0. The van der Waals surface area contributed by atoms with Gasteiger partial charge in [0.25, 0.3) is 0 Å². The molecule has 20 heteroatoms. The topological polar surface area (TPSA) is 38.7 Å². The quantitative estimate of drug-likeness (QED) is 0.528. The number of aliphatic hydroxyl groups is 1. The van der Waals surface area contributed by atoms with E-state index in [4.69, 9.17) is 5.11 Å². The van der Waals surface area contributed by atoms with E-state index in [0.29, 0.717) is 0 Å². The lowest BCUT2D eigenvalue weighted by Crippen LogP contribution is -2.67. The molecule has 0 rings (SSSR count). The molecule has 0 aromatic carbocycles. The first kappa shape index (κ1) is 27.7. The summed E-state index contributed by atoms with van der Waals surface area (Å²) < 4.78 is 216. The SMILES string of the molecule is OC[C@](F)(OC(F)(F)[C@@](F)(OC(F)(F)C(F)(F)C(F)(F)F)C(F)(F)F)C(F)(F)F. The highest BCUT2D eigenvalue weighted by atomic mass is 19.4. The molecule has 176 valence electrons. The Morgan fingerprint density at radius 1 is 0.483 bits per heavy atom. The Bertz CT molecular complexity index is 576. The van der Waals surface area contributed by atoms with Crippen LogP contribution in [-0.2, 0) is 9.47 Å². The fourth-order valence-corrected chi connectivity index (χ4v) is 1.14. The molecular weight excluding hydrogens is 479 g/mol. The van der Waals surface area contributed by atoms with Crippen LogP contribution in [0.25, 0.3) is 0 Å². The van der Waals surface area contributed by atoms with Gasteiger partial charge < -0.3 is 5.11 Å². The van der Waals surface area contributed by atoms with Crippen molar-refractivity contribution in [2.75, 3.05) is 6.61 Å². The molecule has 0 aliphatic rings. The van der Waals surface area contributed by atoms with Crippen molar-refractivity contribution in [1.82, 2.24) is 0 Å². The highest BCUT2D eigenvalue weighted by molar-refractivity contribution is 4.94. The van der Waals surface area contributed by atoms with Crippen molar-refractivity contribution >= 4 is 0 Å². The number of aliphatic hydroxyl groups excluding tert-OH is 1. The third-order valence-electron chi connectivity index (χ3n) is 2.65. The lowest BCUT2D eigenvalue weighted by atomic mass is 10.2. The van der Waals surface area contributed by atoms with Crippen molar-refractivity contribution in [3.63, 3.8) is 0 Å². The van der Waals surface area contributed by atoms with E-state index >= 15 is 0 Å². The van der Waals surface area contributed by atoms with E-state index < -0.39 is 55.0 Å². The van der Waals surface area contributed by atoms with Crippen molar-refractivity contribution in [2.24, 2.45) is 0 Å². The van der Waals surface area contributed by atoms with Gasteiger partial charge in [0.1, 0.15) is 6.61 Å². The lowest BCUT2D eigenvalue weighted by molar-refractivity contribution is -0.552. The number of ether oxygens (including phenoxy) is 2. The molecule has 0 bridgehead atoms. The molecule has 0 spiro atoms. The molecule has 0 radical (unpaired) electrons. The van der Waals surface area contributed by atoms with E-state index in [-0.39, 0.29) is 0 Å². The predicted molar refractivity (Wildman–Crippen MR) is 49.9 cm³/mol. The van der Waals surface area contributed by atoms with Crippen molar-refractivity contribution in [3.05, 3.63) is 0 Å². The van der Waals surface area contributed by atoms with Gasteiger partial charge in [-0.15, -0.1) is 0 Å². The van der Waals surface area contributed by atoms with Gasteiger partial charge in [0.15, 0.2) is 0 Å². The lowest BCUT2D eigenvalue weighted by Gasteiger charge is -2.40. The zero-order chi connectivity index (χ0) is 24.1. The molecule has 0 saturated carbocycles. The minimum Gasteiger partial charge on any atom is -0.390 e. The zero-order valence-electron chi connectivity index (χ0n) is 12.4. The van der Waals surface area contributed by atoms with Crippen LogP contribution in [0.1, 0.15) is 0 Å². The highest BCUT2D eigenvalue weighted by Crippen LogP contribution is 2.56. The van der Waals surface area contributed by atoms with Gasteiger partial charge >= 0.3 is 48.4 Å². The molecule has 0 aromatic rings. The maximum atomic E-state index is 13.5. The first-order valence-electron chi connectivity index (χ1n) is 5.95. The smallest absolute Gasteiger partial charge is 0.390 e. The first-order chi connectivity index (χ1) is 12.2. The molecule has 0 unspecified atom stereocenters. The van der Waals surface area contributed by atoms with Crippen LogP contribution >= 0.6 is 0 Å². The molecule has 0 saturated heterocycles. The Labute approximate surface area is 145 Å². The van der Waals surface area contributed by atoms with Crippen LogP contribution in [0.15, 0.2) is 0 Å². The number of hydrogen-bond acceptors (Lipinski definition) is 3. The largest absolute Gasteiger partial charge is 0.462 e. The molecule has 0 aliphatic carbocycles. The Balaban J connectivity index is 6.48. The molecule has 0 fully saturated rings. The van der Waals surface area contributed by atoms with Crippen LogP contribution in [0.4, 0.5) is 74.6 Å². The Morgan fingerprint density at radius 2 is 0.862 bits per heavy atom. The standard InChI is InChI=1S/C9H3F17O3/c10-2(1-27,5(14,15)16)28-9(25,26)4(13,7(20,21)22)29-8(23,24)3(11,12)6(17,18)19/h27H,1H2/t2-,4-/m0/s1. The molecule has 0 aromatic heterocycles. The second-order valence-electron chi connectivity index (χ2n) is 4.79. The van der Waals surface area contributed by atoms with Gasteiger partial charge in [0, 0.05) is 0 Å². The van der Waals surface area contributed by atoms with Crippen molar-refractivity contribution in [2.45, 2.75) is 48.4 Å². The van der Waals surface area contributed by atoms with Crippen LogP contribution in [0.2, 0.25) is 0 Å². The first-order valence-corrected chi connectivity index (χ1v) is 5.95. The van der Waals surface area contributed by atoms with E-state index in [9.17, 15) is 74.6 Å². The number of hydrogen-bond donors (Lipinski definition) is 1. The van der Waals surface area contributed by atoms with Crippen LogP contribution in [0, 0.1) is 0 Å². The normalized spacial score (nSPS) is 19.7. The van der Waals surface area contributed by atoms with Crippen LogP contribution in [0.3, 0.4) is 0 Å². The van der Waals surface area contributed by atoms with Gasteiger partial charge in [-0.1, -0.05) is 0 Å². The molecule has 2 atom stereocenters. The molecule has 3 nitrogen and oxygen atoms in total. The van der Waals surface area contributed by atoms with Gasteiger partial charge in [-0.25, -0.2) is 0 Å². The molecule has 1 N–H and O–H groups in total. The summed E-state index contributed by atoms with van der Waals surface area (Å²) in [6, 6.07) is 0. The summed E-state index contributed by atoms with van der Waals surface area (Å²) in [6.45, 7) is -3.37. The maximum absolute atomic E-state index is 13.5. The average Bonchev–Trinajstić information content (AvgIpc) is 2.42. The van der Waals surface area contributed by atoms with Crippen LogP contribution in [0.5, 0.6) is 0 Å². The second kappa shape index (κ2) is 7.13. The zero-order valence-corrected chi connectivity index (χ0v) is 12.4. The Kier molecular flexibility index (Phi) is 6.81. The summed E-state index contributed by atoms with van der Waals surface area (Å²) in [5.41, 5.74) is 0. The third-order valence-corrected chi connectivity index (χ3v) is 2.65. The van der Waals surface area contributed by atoms with Gasteiger partial charge in [0.05, 0.1) is 0 Å². The number of alkyl halides is 17. The minimum absolute atomic E-state index is 1.26. The summed E-state index contributed by atoms with van der Waals surface area (Å²) in [5, 5.41) is 8.01. The van der Waals surface area contributed by atoms with E-state index in [2.05, 4.69) is 0 Å². The highest BCUT2D eigenvalue weighted by Gasteiger charge is 2.85. The summed E-state index contributed by atoms with van der Waals surface area (Å²) in [6.07, 6.45) is -37.9. The number of halogens is 17. The third kappa shape index (κ3) is 4.72. The average molecular weight is 482 g/mol. The van der Waals surface area contributed by atoms with Crippen molar-refractivity contribution < 1.29 is 89.2 Å². The molecule has 0 heterocycles. The monoisotopic (exact) mass is 482 g/mol. The summed E-state index contributed by atoms with van der Waals surface area (Å²) in [7, 11) is 0. The number of rotatable bonds is 7. The molecule has 0 amide bonds. The Morgan fingerprint density at radius 3 is 1.10 bits per heavy atom. The fraction of sp³-hybridized carbons (Fsp3) is 1.00. The molecular formula is C9H3F17O3. The van der Waals surface area contributed by atoms with Crippen molar-refractivity contribution in [3.8, 4) is 0 Å². The predicted octanol–water partition coefficient (Wildman–Crippen LogP) is 4.85. The maximum Gasteiger partial charge on any atom is 0.462 e. The van der Waals surface area contributed by atoms with Gasteiger partial charge in [-0.05, 0) is 0 Å². The van der Waals surface area contributed by atoms with Crippen molar-refractivity contribution in [1.29, 1.82) is 0 Å². The van der Waals surface area contributed by atoms with E-state index in [1.54, 1.807) is 4.74 Å². The van der Waals surface area contributed by atoms with E-state index in [1.165, 1.54) is 4.74 Å². The van der Waals surface area contributed by atoms with E-state index in [1.807, 2.05) is 0 Å². The minimum atomic E-state index is -7.92. The van der Waals surface area contributed by atoms with Gasteiger partial charge in [-0.3, -0.25) is 9.47 Å². The summed E-state index contributed by atoms with van der Waals surface area (Å²) in [5.74, 6) is -22.1. The summed E-state index contributed by atoms with van der Waals surface area (Å²) >= 11 is 0. The second-order valence-corrected chi connectivity index (χ2v) is 4.79. The van der Waals surface area contributed by atoms with Gasteiger partial charge in [0.2, 0.25) is 0 Å². The Hall–Kier alpha value is -1.31. The van der Waals surface area contributed by atoms with E-state index in [0.717, 1.165) is 0 Å². The van der Waals surface area contributed by atoms with Crippen LogP contribution < -0.4 is 0 Å². The molecule has 29 heavy (non-hydrogen) atoms.